The lowest BCUT2D eigenvalue weighted by molar-refractivity contribution is -0.125. The standard InChI is InChI=1S/C21H28FNO/c1-14(21-11-15-8-16(12-21)10-17(9-15)13-21)23-20(24)7-6-18-4-2-3-5-19(18)22/h2-5,14-17H,6-13H2,1H3,(H,23,24)/t14-,15?,16?,17?,21?/m0/s1. The van der Waals surface area contributed by atoms with E-state index in [2.05, 4.69) is 12.2 Å². The van der Waals surface area contributed by atoms with Gasteiger partial charge in [0.1, 0.15) is 5.82 Å². The van der Waals surface area contributed by atoms with Crippen LogP contribution in [-0.2, 0) is 11.2 Å². The van der Waals surface area contributed by atoms with Crippen LogP contribution in [0.2, 0.25) is 0 Å². The lowest BCUT2D eigenvalue weighted by Gasteiger charge is -2.59. The molecule has 24 heavy (non-hydrogen) atoms. The van der Waals surface area contributed by atoms with Crippen molar-refractivity contribution in [3.05, 3.63) is 35.6 Å². The van der Waals surface area contributed by atoms with E-state index < -0.39 is 0 Å². The van der Waals surface area contributed by atoms with Crippen LogP contribution in [-0.4, -0.2) is 11.9 Å². The molecule has 130 valence electrons. The molecule has 0 radical (unpaired) electrons. The van der Waals surface area contributed by atoms with Gasteiger partial charge in [-0.15, -0.1) is 0 Å². The summed E-state index contributed by atoms with van der Waals surface area (Å²) in [5.41, 5.74) is 0.970. The minimum Gasteiger partial charge on any atom is -0.353 e. The van der Waals surface area contributed by atoms with Gasteiger partial charge in [-0.25, -0.2) is 4.39 Å². The first-order chi connectivity index (χ1) is 11.5. The van der Waals surface area contributed by atoms with Crippen molar-refractivity contribution < 1.29 is 9.18 Å². The second-order valence-electron chi connectivity index (χ2n) is 8.66. The third kappa shape index (κ3) is 2.98. The van der Waals surface area contributed by atoms with E-state index in [1.165, 1.54) is 44.6 Å². The number of halogens is 1. The highest BCUT2D eigenvalue weighted by atomic mass is 19.1. The first-order valence-corrected chi connectivity index (χ1v) is 9.57. The Morgan fingerprint density at radius 3 is 2.33 bits per heavy atom. The van der Waals surface area contributed by atoms with Gasteiger partial charge in [0.2, 0.25) is 5.91 Å². The van der Waals surface area contributed by atoms with Gasteiger partial charge in [0.05, 0.1) is 0 Å². The zero-order valence-electron chi connectivity index (χ0n) is 14.6. The second kappa shape index (κ2) is 6.16. The van der Waals surface area contributed by atoms with Crippen LogP contribution < -0.4 is 5.32 Å². The van der Waals surface area contributed by atoms with Gasteiger partial charge in [0.25, 0.3) is 0 Å². The molecule has 1 aromatic rings. The fourth-order valence-corrected chi connectivity index (χ4v) is 6.12. The third-order valence-corrected chi connectivity index (χ3v) is 6.96. The Balaban J connectivity index is 1.35. The molecule has 4 saturated carbocycles. The van der Waals surface area contributed by atoms with E-state index in [-0.39, 0.29) is 17.8 Å². The molecule has 0 spiro atoms. The van der Waals surface area contributed by atoms with Gasteiger partial charge in [0, 0.05) is 12.5 Å². The molecule has 2 nitrogen and oxygen atoms in total. The molecule has 1 N–H and O–H groups in total. The molecule has 1 aromatic carbocycles. The molecule has 0 heterocycles. The van der Waals surface area contributed by atoms with Crippen molar-refractivity contribution in [3.63, 3.8) is 0 Å². The summed E-state index contributed by atoms with van der Waals surface area (Å²) >= 11 is 0. The summed E-state index contributed by atoms with van der Waals surface area (Å²) in [7, 11) is 0. The summed E-state index contributed by atoms with van der Waals surface area (Å²) < 4.78 is 13.7. The van der Waals surface area contributed by atoms with Gasteiger partial charge in [-0.3, -0.25) is 4.79 Å². The van der Waals surface area contributed by atoms with Crippen LogP contribution in [0.25, 0.3) is 0 Å². The first-order valence-electron chi connectivity index (χ1n) is 9.57. The van der Waals surface area contributed by atoms with Crippen molar-refractivity contribution in [3.8, 4) is 0 Å². The zero-order chi connectivity index (χ0) is 16.7. The van der Waals surface area contributed by atoms with Crippen molar-refractivity contribution in [2.75, 3.05) is 0 Å². The van der Waals surface area contributed by atoms with Gasteiger partial charge in [-0.2, -0.15) is 0 Å². The Labute approximate surface area is 144 Å². The number of aryl methyl sites for hydroxylation is 1. The largest absolute Gasteiger partial charge is 0.353 e. The first kappa shape index (κ1) is 16.1. The van der Waals surface area contributed by atoms with Crippen LogP contribution >= 0.6 is 0 Å². The average molecular weight is 329 g/mol. The number of hydrogen-bond donors (Lipinski definition) is 1. The molecule has 4 fully saturated rings. The van der Waals surface area contributed by atoms with E-state index in [1.807, 2.05) is 6.07 Å². The number of carbonyl (C=O) groups excluding carboxylic acids is 1. The Morgan fingerprint density at radius 2 is 1.75 bits per heavy atom. The maximum Gasteiger partial charge on any atom is 0.220 e. The fraction of sp³-hybridized carbons (Fsp3) is 0.667. The fourth-order valence-electron chi connectivity index (χ4n) is 6.12. The van der Waals surface area contributed by atoms with Crippen molar-refractivity contribution in [2.45, 2.75) is 64.3 Å². The van der Waals surface area contributed by atoms with Gasteiger partial charge >= 0.3 is 0 Å². The number of nitrogens with one attached hydrogen (secondary N) is 1. The average Bonchev–Trinajstić information content (AvgIpc) is 2.53. The predicted octanol–water partition coefficient (Wildman–Crippen LogP) is 4.48. The Morgan fingerprint density at radius 1 is 1.17 bits per heavy atom. The predicted molar refractivity (Wildman–Crippen MR) is 92.9 cm³/mol. The van der Waals surface area contributed by atoms with E-state index in [0.29, 0.717) is 23.8 Å². The van der Waals surface area contributed by atoms with Crippen molar-refractivity contribution in [1.82, 2.24) is 5.32 Å². The van der Waals surface area contributed by atoms with E-state index in [0.717, 1.165) is 17.8 Å². The normalized spacial score (nSPS) is 35.0. The van der Waals surface area contributed by atoms with Crippen molar-refractivity contribution >= 4 is 5.91 Å². The van der Waals surface area contributed by atoms with Crippen LogP contribution in [0.5, 0.6) is 0 Å². The smallest absolute Gasteiger partial charge is 0.220 e. The number of carbonyl (C=O) groups is 1. The molecular formula is C21H28FNO. The molecular weight excluding hydrogens is 301 g/mol. The maximum atomic E-state index is 13.7. The summed E-state index contributed by atoms with van der Waals surface area (Å²) in [6, 6.07) is 7.00. The lowest BCUT2D eigenvalue weighted by atomic mass is 9.48. The second-order valence-corrected chi connectivity index (χ2v) is 8.66. The molecule has 4 bridgehead atoms. The van der Waals surface area contributed by atoms with E-state index in [4.69, 9.17) is 0 Å². The van der Waals surface area contributed by atoms with Crippen molar-refractivity contribution in [1.29, 1.82) is 0 Å². The van der Waals surface area contributed by atoms with Gasteiger partial charge in [0.15, 0.2) is 0 Å². The van der Waals surface area contributed by atoms with Crippen LogP contribution in [0.15, 0.2) is 24.3 Å². The zero-order valence-corrected chi connectivity index (χ0v) is 14.6. The van der Waals surface area contributed by atoms with Crippen molar-refractivity contribution in [2.24, 2.45) is 23.2 Å². The Hall–Kier alpha value is -1.38. The van der Waals surface area contributed by atoms with Crippen LogP contribution in [0.1, 0.15) is 57.4 Å². The van der Waals surface area contributed by atoms with E-state index in [1.54, 1.807) is 12.1 Å². The van der Waals surface area contributed by atoms with Gasteiger partial charge in [-0.05, 0) is 86.7 Å². The summed E-state index contributed by atoms with van der Waals surface area (Å²) in [4.78, 5) is 12.4. The quantitative estimate of drug-likeness (QED) is 0.848. The van der Waals surface area contributed by atoms with E-state index >= 15 is 0 Å². The van der Waals surface area contributed by atoms with Crippen LogP contribution in [0.3, 0.4) is 0 Å². The minimum absolute atomic E-state index is 0.0708. The number of benzene rings is 1. The molecule has 4 aliphatic rings. The molecule has 5 rings (SSSR count). The maximum absolute atomic E-state index is 13.7. The summed E-state index contributed by atoms with van der Waals surface area (Å²) in [6.45, 7) is 2.20. The monoisotopic (exact) mass is 329 g/mol. The topological polar surface area (TPSA) is 29.1 Å². The highest BCUT2D eigenvalue weighted by Crippen LogP contribution is 2.61. The highest BCUT2D eigenvalue weighted by Gasteiger charge is 2.53. The molecule has 0 aromatic heterocycles. The Kier molecular flexibility index (Phi) is 4.14. The third-order valence-electron chi connectivity index (χ3n) is 6.96. The van der Waals surface area contributed by atoms with Gasteiger partial charge in [-0.1, -0.05) is 18.2 Å². The lowest BCUT2D eigenvalue weighted by Crippen LogP contribution is -2.55. The van der Waals surface area contributed by atoms with E-state index in [9.17, 15) is 9.18 Å². The summed E-state index contributed by atoms with van der Waals surface area (Å²) in [5.74, 6) is 2.55. The summed E-state index contributed by atoms with van der Waals surface area (Å²) in [6.07, 6.45) is 9.02. The number of amides is 1. The molecule has 0 saturated heterocycles. The molecule has 1 atom stereocenters. The molecule has 1 amide bonds. The number of rotatable bonds is 5. The minimum atomic E-state index is -0.209. The molecule has 0 aliphatic heterocycles. The SMILES string of the molecule is C[C@H](NC(=O)CCc1ccccc1F)C12CC3CC(CC(C3)C1)C2. The number of hydrogen-bond acceptors (Lipinski definition) is 1. The molecule has 4 aliphatic carbocycles. The van der Waals surface area contributed by atoms with Crippen LogP contribution in [0, 0.1) is 29.0 Å². The van der Waals surface area contributed by atoms with Crippen LogP contribution in [0.4, 0.5) is 4.39 Å². The van der Waals surface area contributed by atoms with Gasteiger partial charge < -0.3 is 5.32 Å². The molecule has 3 heteroatoms. The highest BCUT2D eigenvalue weighted by molar-refractivity contribution is 5.76. The molecule has 0 unspecified atom stereocenters. The Bertz CT molecular complexity index is 591. The summed E-state index contributed by atoms with van der Waals surface area (Å²) in [5, 5.41) is 3.27.